The maximum atomic E-state index is 12.8. The van der Waals surface area contributed by atoms with Crippen LogP contribution in [0.15, 0.2) is 54.6 Å². The van der Waals surface area contributed by atoms with Crippen LogP contribution in [0.1, 0.15) is 23.4 Å². The second-order valence-corrected chi connectivity index (χ2v) is 8.48. The molecule has 1 N–H and O–H groups in total. The zero-order valence-corrected chi connectivity index (χ0v) is 18.7. The zero-order chi connectivity index (χ0) is 23.1. The molecule has 1 unspecified atom stereocenters. The number of rotatable bonds is 4. The molecule has 5 rings (SSSR count). The van der Waals surface area contributed by atoms with Gasteiger partial charge >= 0.3 is 0 Å². The van der Waals surface area contributed by atoms with Crippen LogP contribution in [0.25, 0.3) is 16.9 Å². The summed E-state index contributed by atoms with van der Waals surface area (Å²) in [5, 5.41) is 15.6. The Morgan fingerprint density at radius 1 is 0.970 bits per heavy atom. The summed E-state index contributed by atoms with van der Waals surface area (Å²) in [5.41, 5.74) is 6.23. The van der Waals surface area contributed by atoms with Gasteiger partial charge in [0, 0.05) is 29.9 Å². The first-order valence-corrected chi connectivity index (χ1v) is 10.9. The highest BCUT2D eigenvalue weighted by atomic mass is 16.2. The third kappa shape index (κ3) is 3.95. The van der Waals surface area contributed by atoms with Gasteiger partial charge in [0.2, 0.25) is 11.8 Å². The molecule has 2 aromatic heterocycles. The molecule has 0 radical (unpaired) electrons. The van der Waals surface area contributed by atoms with Gasteiger partial charge in [-0.1, -0.05) is 18.2 Å². The molecule has 3 heterocycles. The summed E-state index contributed by atoms with van der Waals surface area (Å²) in [6.45, 7) is 6.29. The standard InChI is InChI=1S/C25H24N6O2/c1-15-4-9-21(12-16(15)2)30-14-19(13-24(30)32)25(33)26-20-7-5-18(6-8-20)22-10-11-23-28-27-17(3)31(23)29-22/h4-12,19H,13-14H2,1-3H3,(H,26,33). The van der Waals surface area contributed by atoms with Gasteiger partial charge in [-0.05, 0) is 68.3 Å². The Bertz CT molecular complexity index is 1380. The number of fused-ring (bicyclic) bond motifs is 1. The SMILES string of the molecule is Cc1ccc(N2CC(C(=O)Nc3ccc(-c4ccc5nnc(C)n5n4)cc3)CC2=O)cc1C. The quantitative estimate of drug-likeness (QED) is 0.522. The van der Waals surface area contributed by atoms with Crippen molar-refractivity contribution in [1.82, 2.24) is 19.8 Å². The van der Waals surface area contributed by atoms with E-state index in [4.69, 9.17) is 0 Å². The summed E-state index contributed by atoms with van der Waals surface area (Å²) < 4.78 is 1.70. The first-order chi connectivity index (χ1) is 15.9. The second-order valence-electron chi connectivity index (χ2n) is 8.48. The average Bonchev–Trinajstić information content (AvgIpc) is 3.39. The fourth-order valence-electron chi connectivity index (χ4n) is 4.04. The van der Waals surface area contributed by atoms with Crippen molar-refractivity contribution in [3.05, 3.63) is 71.5 Å². The maximum absolute atomic E-state index is 12.8. The van der Waals surface area contributed by atoms with E-state index in [0.29, 0.717) is 17.9 Å². The number of aromatic nitrogens is 4. The van der Waals surface area contributed by atoms with E-state index in [9.17, 15) is 9.59 Å². The molecule has 1 atom stereocenters. The van der Waals surface area contributed by atoms with E-state index in [1.165, 1.54) is 5.56 Å². The normalized spacial score (nSPS) is 15.9. The van der Waals surface area contributed by atoms with Crippen LogP contribution in [0.2, 0.25) is 0 Å². The van der Waals surface area contributed by atoms with Crippen molar-refractivity contribution >= 4 is 28.8 Å². The summed E-state index contributed by atoms with van der Waals surface area (Å²) in [5.74, 6) is 0.151. The van der Waals surface area contributed by atoms with Gasteiger partial charge in [0.1, 0.15) is 0 Å². The number of benzene rings is 2. The number of carbonyl (C=O) groups excluding carboxylic acids is 2. The molecule has 0 bridgehead atoms. The highest BCUT2D eigenvalue weighted by molar-refractivity contribution is 6.03. The van der Waals surface area contributed by atoms with E-state index in [2.05, 4.69) is 20.6 Å². The Balaban J connectivity index is 1.27. The molecule has 166 valence electrons. The molecule has 1 saturated heterocycles. The van der Waals surface area contributed by atoms with E-state index >= 15 is 0 Å². The minimum atomic E-state index is -0.389. The highest BCUT2D eigenvalue weighted by Crippen LogP contribution is 2.28. The van der Waals surface area contributed by atoms with Gasteiger partial charge in [-0.25, -0.2) is 0 Å². The number of nitrogens with one attached hydrogen (secondary N) is 1. The van der Waals surface area contributed by atoms with Crippen molar-refractivity contribution in [1.29, 1.82) is 0 Å². The molecule has 0 aliphatic carbocycles. The number of anilines is 2. The second kappa shape index (κ2) is 8.12. The Morgan fingerprint density at radius 3 is 2.52 bits per heavy atom. The summed E-state index contributed by atoms with van der Waals surface area (Å²) in [6.07, 6.45) is 0.207. The van der Waals surface area contributed by atoms with Crippen LogP contribution in [0.3, 0.4) is 0 Å². The van der Waals surface area contributed by atoms with Crippen molar-refractivity contribution < 1.29 is 9.59 Å². The van der Waals surface area contributed by atoms with Crippen molar-refractivity contribution in [3.8, 4) is 11.3 Å². The lowest BCUT2D eigenvalue weighted by Gasteiger charge is -2.18. The lowest BCUT2D eigenvalue weighted by molar-refractivity contribution is -0.122. The molecule has 1 aliphatic rings. The van der Waals surface area contributed by atoms with Crippen LogP contribution in [0, 0.1) is 26.7 Å². The van der Waals surface area contributed by atoms with Crippen LogP contribution in [-0.2, 0) is 9.59 Å². The first kappa shape index (κ1) is 20.8. The molecular formula is C25H24N6O2. The molecule has 2 amide bonds. The molecule has 2 aromatic carbocycles. The molecular weight excluding hydrogens is 416 g/mol. The lowest BCUT2D eigenvalue weighted by Crippen LogP contribution is -2.28. The minimum Gasteiger partial charge on any atom is -0.326 e. The van der Waals surface area contributed by atoms with Crippen LogP contribution >= 0.6 is 0 Å². The van der Waals surface area contributed by atoms with Gasteiger partial charge in [-0.3, -0.25) is 9.59 Å². The Kier molecular flexibility index (Phi) is 5.12. The highest BCUT2D eigenvalue weighted by Gasteiger charge is 2.35. The van der Waals surface area contributed by atoms with Crippen LogP contribution < -0.4 is 10.2 Å². The number of carbonyl (C=O) groups is 2. The fourth-order valence-corrected chi connectivity index (χ4v) is 4.04. The van der Waals surface area contributed by atoms with E-state index in [-0.39, 0.29) is 24.2 Å². The maximum Gasteiger partial charge on any atom is 0.229 e. The van der Waals surface area contributed by atoms with Gasteiger partial charge in [-0.15, -0.1) is 10.2 Å². The van der Waals surface area contributed by atoms with Gasteiger partial charge in [0.05, 0.1) is 11.6 Å². The van der Waals surface area contributed by atoms with Crippen molar-refractivity contribution in [2.75, 3.05) is 16.8 Å². The zero-order valence-electron chi connectivity index (χ0n) is 18.7. The Morgan fingerprint density at radius 2 is 1.76 bits per heavy atom. The molecule has 0 spiro atoms. The van der Waals surface area contributed by atoms with E-state index < -0.39 is 0 Å². The largest absolute Gasteiger partial charge is 0.326 e. The Labute approximate surface area is 191 Å². The minimum absolute atomic E-state index is 0.0282. The smallest absolute Gasteiger partial charge is 0.229 e. The summed E-state index contributed by atoms with van der Waals surface area (Å²) in [4.78, 5) is 27.1. The third-order valence-electron chi connectivity index (χ3n) is 6.16. The average molecular weight is 441 g/mol. The lowest BCUT2D eigenvalue weighted by atomic mass is 10.1. The van der Waals surface area contributed by atoms with Crippen LogP contribution in [-0.4, -0.2) is 38.2 Å². The van der Waals surface area contributed by atoms with Crippen molar-refractivity contribution in [3.63, 3.8) is 0 Å². The van der Waals surface area contributed by atoms with Gasteiger partial charge < -0.3 is 10.2 Å². The van der Waals surface area contributed by atoms with Crippen molar-refractivity contribution in [2.24, 2.45) is 5.92 Å². The summed E-state index contributed by atoms with van der Waals surface area (Å²) >= 11 is 0. The van der Waals surface area contributed by atoms with Crippen LogP contribution in [0.4, 0.5) is 11.4 Å². The fraction of sp³-hybridized carbons (Fsp3) is 0.240. The van der Waals surface area contributed by atoms with Gasteiger partial charge in [0.25, 0.3) is 0 Å². The topological polar surface area (TPSA) is 92.5 Å². The first-order valence-electron chi connectivity index (χ1n) is 10.9. The van der Waals surface area contributed by atoms with Gasteiger partial charge in [-0.2, -0.15) is 9.61 Å². The number of hydrogen-bond acceptors (Lipinski definition) is 5. The van der Waals surface area contributed by atoms with Gasteiger partial charge in [0.15, 0.2) is 11.5 Å². The van der Waals surface area contributed by atoms with Crippen molar-refractivity contribution in [2.45, 2.75) is 27.2 Å². The number of aryl methyl sites for hydroxylation is 3. The predicted octanol–water partition coefficient (Wildman–Crippen LogP) is 3.71. The van der Waals surface area contributed by atoms with Crippen LogP contribution in [0.5, 0.6) is 0 Å². The third-order valence-corrected chi connectivity index (χ3v) is 6.16. The molecule has 1 aliphatic heterocycles. The number of amides is 2. The van der Waals surface area contributed by atoms with E-state index in [1.54, 1.807) is 9.42 Å². The predicted molar refractivity (Wildman–Crippen MR) is 126 cm³/mol. The Hall–Kier alpha value is -4.07. The molecule has 33 heavy (non-hydrogen) atoms. The molecule has 8 heteroatoms. The number of hydrogen-bond donors (Lipinski definition) is 1. The van der Waals surface area contributed by atoms with E-state index in [0.717, 1.165) is 28.3 Å². The summed E-state index contributed by atoms with van der Waals surface area (Å²) in [7, 11) is 0. The molecule has 0 saturated carbocycles. The molecule has 8 nitrogen and oxygen atoms in total. The molecule has 4 aromatic rings. The summed E-state index contributed by atoms with van der Waals surface area (Å²) in [6, 6.07) is 17.2. The molecule has 1 fully saturated rings. The number of nitrogens with zero attached hydrogens (tertiary/aromatic N) is 5. The van der Waals surface area contributed by atoms with E-state index in [1.807, 2.05) is 75.4 Å². The monoisotopic (exact) mass is 440 g/mol.